The predicted octanol–water partition coefficient (Wildman–Crippen LogP) is 9.82. The summed E-state index contributed by atoms with van der Waals surface area (Å²) in [6.07, 6.45) is -1.47. The van der Waals surface area contributed by atoms with Gasteiger partial charge < -0.3 is 24.2 Å². The molecule has 0 bridgehead atoms. The number of aliphatic hydroxyl groups is 1. The lowest BCUT2D eigenvalue weighted by Gasteiger charge is -2.36. The van der Waals surface area contributed by atoms with Crippen molar-refractivity contribution in [2.45, 2.75) is 78.4 Å². The van der Waals surface area contributed by atoms with Gasteiger partial charge in [0.15, 0.2) is 17.3 Å². The van der Waals surface area contributed by atoms with Crippen LogP contribution in [0.5, 0.6) is 11.5 Å². The molecule has 0 saturated carbocycles. The number of pyridine rings is 1. The zero-order valence-corrected chi connectivity index (χ0v) is 36.4. The van der Waals surface area contributed by atoms with Crippen LogP contribution in [0.25, 0.3) is 22.5 Å². The Balaban J connectivity index is 1.14. The standard InChI is InChI=1S/C51H54N6O5/c1-35(2)56(49(59)62-50(5,6)7)32-43(58)34-61-47-37(4)52-36(3)31-46(47)60-33-38-27-29-39(30-28-38)44-25-17-18-26-45(44)48-53-54-55-57(48)51(40-19-11-8-12-20-40,41-21-13-9-14-22-41)42-23-15-10-16-24-42/h8-31,35,43,58H,32-34H2,1-7H3. The molecule has 0 aliphatic rings. The van der Waals surface area contributed by atoms with E-state index in [2.05, 4.69) is 70.9 Å². The average Bonchev–Trinajstić information content (AvgIpc) is 3.75. The number of nitrogens with zero attached hydrogens (tertiary/aromatic N) is 6. The highest BCUT2D eigenvalue weighted by Gasteiger charge is 2.42. The summed E-state index contributed by atoms with van der Waals surface area (Å²) in [5, 5.41) is 24.8. The van der Waals surface area contributed by atoms with Gasteiger partial charge in [-0.15, -0.1) is 5.10 Å². The number of hydrogen-bond donors (Lipinski definition) is 1. The van der Waals surface area contributed by atoms with E-state index in [4.69, 9.17) is 24.5 Å². The highest BCUT2D eigenvalue weighted by molar-refractivity contribution is 5.81. The molecule has 0 aliphatic carbocycles. The molecule has 0 aliphatic heterocycles. The van der Waals surface area contributed by atoms with Crippen molar-refractivity contribution in [3.05, 3.63) is 179 Å². The molecule has 1 N–H and O–H groups in total. The van der Waals surface area contributed by atoms with Gasteiger partial charge in [-0.2, -0.15) is 0 Å². The van der Waals surface area contributed by atoms with Gasteiger partial charge in [0.1, 0.15) is 30.5 Å². The van der Waals surface area contributed by atoms with Crippen LogP contribution in [0.3, 0.4) is 0 Å². The molecular weight excluding hydrogens is 777 g/mol. The van der Waals surface area contributed by atoms with Crippen LogP contribution in [-0.2, 0) is 16.9 Å². The summed E-state index contributed by atoms with van der Waals surface area (Å²) in [5.41, 5.74) is 6.69. The van der Waals surface area contributed by atoms with Crippen molar-refractivity contribution in [3.63, 3.8) is 0 Å². The van der Waals surface area contributed by atoms with E-state index in [9.17, 15) is 9.90 Å². The Kier molecular flexibility index (Phi) is 13.1. The molecule has 2 aromatic heterocycles. The highest BCUT2D eigenvalue weighted by atomic mass is 16.6. The number of ether oxygens (including phenoxy) is 3. The lowest BCUT2D eigenvalue weighted by molar-refractivity contribution is 0.00161. The Labute approximate surface area is 364 Å². The number of carbonyl (C=O) groups excluding carboxylic acids is 1. The van der Waals surface area contributed by atoms with Gasteiger partial charge in [0.2, 0.25) is 0 Å². The third kappa shape index (κ3) is 9.53. The van der Waals surface area contributed by atoms with Gasteiger partial charge in [-0.3, -0.25) is 4.98 Å². The van der Waals surface area contributed by atoms with Gasteiger partial charge in [0, 0.05) is 23.4 Å². The SMILES string of the molecule is Cc1cc(OCc2ccc(-c3ccccc3-c3nnnn3C(c3ccccc3)(c3ccccc3)c3ccccc3)cc2)c(OCC(O)CN(C(=O)OC(C)(C)C)C(C)C)c(C)n1. The molecule has 7 aromatic rings. The van der Waals surface area contributed by atoms with Crippen molar-refractivity contribution in [2.24, 2.45) is 0 Å². The monoisotopic (exact) mass is 830 g/mol. The van der Waals surface area contributed by atoms with E-state index >= 15 is 0 Å². The molecule has 11 heteroatoms. The minimum atomic E-state index is -0.982. The summed E-state index contributed by atoms with van der Waals surface area (Å²) in [4.78, 5) is 18.9. The molecule has 1 atom stereocenters. The second kappa shape index (κ2) is 18.8. The van der Waals surface area contributed by atoms with Crippen LogP contribution < -0.4 is 9.47 Å². The molecule has 1 unspecified atom stereocenters. The van der Waals surface area contributed by atoms with Crippen LogP contribution in [0.4, 0.5) is 4.79 Å². The predicted molar refractivity (Wildman–Crippen MR) is 241 cm³/mol. The Morgan fingerprint density at radius 2 is 1.29 bits per heavy atom. The number of rotatable bonds is 15. The smallest absolute Gasteiger partial charge is 0.410 e. The number of amides is 1. The van der Waals surface area contributed by atoms with Crippen LogP contribution in [-0.4, -0.2) is 72.2 Å². The van der Waals surface area contributed by atoms with E-state index in [0.29, 0.717) is 23.0 Å². The molecule has 7 rings (SSSR count). The lowest BCUT2D eigenvalue weighted by Crippen LogP contribution is -2.46. The summed E-state index contributed by atoms with van der Waals surface area (Å²) in [5.74, 6) is 1.56. The quantitative estimate of drug-likeness (QED) is 0.101. The Bertz CT molecular complexity index is 2460. The van der Waals surface area contributed by atoms with Crippen molar-refractivity contribution in [1.29, 1.82) is 0 Å². The second-order valence-corrected chi connectivity index (χ2v) is 16.6. The van der Waals surface area contributed by atoms with E-state index < -0.39 is 23.3 Å². The molecule has 11 nitrogen and oxygen atoms in total. The van der Waals surface area contributed by atoms with Crippen molar-refractivity contribution >= 4 is 6.09 Å². The largest absolute Gasteiger partial charge is 0.485 e. The molecule has 0 spiro atoms. The minimum Gasteiger partial charge on any atom is -0.485 e. The van der Waals surface area contributed by atoms with Crippen LogP contribution in [0, 0.1) is 13.8 Å². The fourth-order valence-corrected chi connectivity index (χ4v) is 7.70. The molecular formula is C51H54N6O5. The Morgan fingerprint density at radius 3 is 1.84 bits per heavy atom. The molecule has 1 amide bonds. The number of benzene rings is 5. The summed E-state index contributed by atoms with van der Waals surface area (Å²) in [6.45, 7) is 13.2. The van der Waals surface area contributed by atoms with Gasteiger partial charge >= 0.3 is 6.09 Å². The maximum absolute atomic E-state index is 12.9. The average molecular weight is 831 g/mol. The molecule has 2 heterocycles. The number of aromatic nitrogens is 5. The van der Waals surface area contributed by atoms with Crippen molar-refractivity contribution in [2.75, 3.05) is 13.2 Å². The summed E-state index contributed by atoms with van der Waals surface area (Å²) in [6, 6.07) is 49.1. The van der Waals surface area contributed by atoms with E-state index in [1.165, 1.54) is 4.90 Å². The third-order valence-electron chi connectivity index (χ3n) is 10.5. The Morgan fingerprint density at radius 1 is 0.742 bits per heavy atom. The number of carbonyl (C=O) groups is 1. The zero-order chi connectivity index (χ0) is 43.9. The first kappa shape index (κ1) is 43.2. The molecule has 0 radical (unpaired) electrons. The topological polar surface area (TPSA) is 125 Å². The van der Waals surface area contributed by atoms with Gasteiger partial charge in [-0.25, -0.2) is 9.48 Å². The first-order chi connectivity index (χ1) is 29.8. The summed E-state index contributed by atoms with van der Waals surface area (Å²) in [7, 11) is 0. The van der Waals surface area contributed by atoms with E-state index in [1.54, 1.807) is 0 Å². The second-order valence-electron chi connectivity index (χ2n) is 16.6. The van der Waals surface area contributed by atoms with Crippen molar-refractivity contribution < 1.29 is 24.1 Å². The first-order valence-electron chi connectivity index (χ1n) is 20.9. The molecule has 318 valence electrons. The molecule has 0 fully saturated rings. The van der Waals surface area contributed by atoms with Crippen LogP contribution in [0.15, 0.2) is 146 Å². The first-order valence-corrected chi connectivity index (χ1v) is 20.9. The van der Waals surface area contributed by atoms with Gasteiger partial charge in [0.05, 0.1) is 12.2 Å². The van der Waals surface area contributed by atoms with Gasteiger partial charge in [-0.1, -0.05) is 140 Å². The van der Waals surface area contributed by atoms with Crippen LogP contribution in [0.1, 0.15) is 68.3 Å². The zero-order valence-electron chi connectivity index (χ0n) is 36.4. The Hall–Kier alpha value is -6.85. The number of hydrogen-bond acceptors (Lipinski definition) is 9. The highest BCUT2D eigenvalue weighted by Crippen LogP contribution is 2.43. The maximum Gasteiger partial charge on any atom is 0.410 e. The number of aliphatic hydroxyl groups excluding tert-OH is 1. The van der Waals surface area contributed by atoms with Crippen molar-refractivity contribution in [1.82, 2.24) is 30.1 Å². The number of aryl methyl sites for hydroxylation is 2. The third-order valence-corrected chi connectivity index (χ3v) is 10.5. The molecule has 62 heavy (non-hydrogen) atoms. The fraction of sp³-hybridized carbons (Fsp3) is 0.275. The minimum absolute atomic E-state index is 0.0411. The maximum atomic E-state index is 12.9. The van der Waals surface area contributed by atoms with E-state index in [0.717, 1.165) is 44.6 Å². The van der Waals surface area contributed by atoms with Gasteiger partial charge in [-0.05, 0) is 92.3 Å². The van der Waals surface area contributed by atoms with Crippen LogP contribution >= 0.6 is 0 Å². The molecule has 0 saturated heterocycles. The van der Waals surface area contributed by atoms with E-state index in [-0.39, 0.29) is 25.8 Å². The fourth-order valence-electron chi connectivity index (χ4n) is 7.70. The normalized spacial score (nSPS) is 12.2. The summed E-state index contributed by atoms with van der Waals surface area (Å²) >= 11 is 0. The van der Waals surface area contributed by atoms with E-state index in [1.807, 2.05) is 138 Å². The molecule has 5 aromatic carbocycles. The van der Waals surface area contributed by atoms with Gasteiger partial charge in [0.25, 0.3) is 0 Å². The van der Waals surface area contributed by atoms with Crippen LogP contribution in [0.2, 0.25) is 0 Å². The van der Waals surface area contributed by atoms with Crippen molar-refractivity contribution in [3.8, 4) is 34.0 Å². The summed E-state index contributed by atoms with van der Waals surface area (Å²) < 4.78 is 20.0. The lowest BCUT2D eigenvalue weighted by atomic mass is 9.77. The number of tetrazole rings is 1.